The van der Waals surface area contributed by atoms with Gasteiger partial charge < -0.3 is 19.5 Å². The maximum absolute atomic E-state index is 11.8. The molecule has 144 valence electrons. The van der Waals surface area contributed by atoms with Crippen molar-refractivity contribution in [3.63, 3.8) is 0 Å². The highest BCUT2D eigenvalue weighted by atomic mass is 32.1. The van der Waals surface area contributed by atoms with Gasteiger partial charge in [0.2, 0.25) is 0 Å². The predicted molar refractivity (Wildman–Crippen MR) is 97.9 cm³/mol. The van der Waals surface area contributed by atoms with Crippen molar-refractivity contribution in [3.8, 4) is 22.1 Å². The predicted octanol–water partition coefficient (Wildman–Crippen LogP) is 1.37. The van der Waals surface area contributed by atoms with E-state index in [4.69, 9.17) is 14.2 Å². The van der Waals surface area contributed by atoms with Crippen molar-refractivity contribution in [3.05, 3.63) is 29.3 Å². The normalized spacial score (nSPS) is 10.0. The van der Waals surface area contributed by atoms with Crippen LogP contribution in [-0.2, 0) is 20.7 Å². The van der Waals surface area contributed by atoms with Gasteiger partial charge in [-0.2, -0.15) is 0 Å². The standard InChI is InChI=1S/C17H19N3O6S/c1-18-17(23)20-14(21)8-26-15(22)7-11-9-27-16(19-11)10-4-5-12(24-2)13(6-10)25-3/h4-6,9H,7-8H2,1-3H3,(H2,18,20,21,23). The molecule has 1 aromatic carbocycles. The van der Waals surface area contributed by atoms with Crippen LogP contribution in [0, 0.1) is 0 Å². The summed E-state index contributed by atoms with van der Waals surface area (Å²) >= 11 is 1.37. The molecule has 0 radical (unpaired) electrons. The van der Waals surface area contributed by atoms with Gasteiger partial charge in [0.05, 0.1) is 26.3 Å². The molecule has 0 fully saturated rings. The highest BCUT2D eigenvalue weighted by Crippen LogP contribution is 2.33. The van der Waals surface area contributed by atoms with Crippen LogP contribution >= 0.6 is 11.3 Å². The Labute approximate surface area is 159 Å². The molecule has 0 spiro atoms. The summed E-state index contributed by atoms with van der Waals surface area (Å²) in [5.74, 6) is -0.150. The third-order valence-corrected chi connectivity index (χ3v) is 4.29. The molecule has 2 rings (SSSR count). The second kappa shape index (κ2) is 9.53. The minimum Gasteiger partial charge on any atom is -0.493 e. The lowest BCUT2D eigenvalue weighted by Crippen LogP contribution is -2.39. The monoisotopic (exact) mass is 393 g/mol. The van der Waals surface area contributed by atoms with Crippen molar-refractivity contribution >= 4 is 29.2 Å². The van der Waals surface area contributed by atoms with Crippen LogP contribution in [0.15, 0.2) is 23.6 Å². The largest absolute Gasteiger partial charge is 0.493 e. The molecule has 9 nitrogen and oxygen atoms in total. The first-order valence-electron chi connectivity index (χ1n) is 7.80. The molecule has 0 unspecified atom stereocenters. The topological polar surface area (TPSA) is 116 Å². The number of nitrogens with one attached hydrogen (secondary N) is 2. The number of benzene rings is 1. The molecular formula is C17H19N3O6S. The fraction of sp³-hybridized carbons (Fsp3) is 0.294. The Bertz CT molecular complexity index is 836. The van der Waals surface area contributed by atoms with Crippen LogP contribution in [0.3, 0.4) is 0 Å². The van der Waals surface area contributed by atoms with Crippen LogP contribution in [0.5, 0.6) is 11.5 Å². The number of thiazole rings is 1. The number of carbonyl (C=O) groups excluding carboxylic acids is 3. The Morgan fingerprint density at radius 2 is 1.89 bits per heavy atom. The minimum atomic E-state index is -0.716. The Morgan fingerprint density at radius 3 is 2.56 bits per heavy atom. The van der Waals surface area contributed by atoms with Gasteiger partial charge in [-0.15, -0.1) is 11.3 Å². The van der Waals surface area contributed by atoms with Crippen molar-refractivity contribution < 1.29 is 28.6 Å². The molecule has 2 N–H and O–H groups in total. The Morgan fingerprint density at radius 1 is 1.15 bits per heavy atom. The van der Waals surface area contributed by atoms with Crippen molar-refractivity contribution in [2.45, 2.75) is 6.42 Å². The molecule has 2 aromatic rings. The van der Waals surface area contributed by atoms with Gasteiger partial charge in [0.25, 0.3) is 5.91 Å². The van der Waals surface area contributed by atoms with E-state index in [-0.39, 0.29) is 6.42 Å². The van der Waals surface area contributed by atoms with E-state index >= 15 is 0 Å². The molecule has 1 heterocycles. The lowest BCUT2D eigenvalue weighted by atomic mass is 10.2. The highest BCUT2D eigenvalue weighted by molar-refractivity contribution is 7.13. The fourth-order valence-corrected chi connectivity index (χ4v) is 2.88. The SMILES string of the molecule is CNC(=O)NC(=O)COC(=O)Cc1csc(-c2ccc(OC)c(OC)c2)n1. The Balaban J connectivity index is 1.95. The summed E-state index contributed by atoms with van der Waals surface area (Å²) in [6.07, 6.45) is -0.0863. The molecule has 27 heavy (non-hydrogen) atoms. The van der Waals surface area contributed by atoms with Crippen LogP contribution in [-0.4, -0.2) is 50.8 Å². The van der Waals surface area contributed by atoms with Crippen LogP contribution in [0.1, 0.15) is 5.69 Å². The fourth-order valence-electron chi connectivity index (χ4n) is 2.06. The smallest absolute Gasteiger partial charge is 0.321 e. The van der Waals surface area contributed by atoms with Crippen LogP contribution in [0.2, 0.25) is 0 Å². The quantitative estimate of drug-likeness (QED) is 0.683. The van der Waals surface area contributed by atoms with Gasteiger partial charge in [-0.1, -0.05) is 0 Å². The lowest BCUT2D eigenvalue weighted by Gasteiger charge is -2.08. The van der Waals surface area contributed by atoms with Gasteiger partial charge in [-0.3, -0.25) is 14.9 Å². The zero-order chi connectivity index (χ0) is 19.8. The van der Waals surface area contributed by atoms with Crippen molar-refractivity contribution in [2.75, 3.05) is 27.9 Å². The summed E-state index contributed by atoms with van der Waals surface area (Å²) < 4.78 is 15.3. The number of urea groups is 1. The second-order valence-corrected chi connectivity index (χ2v) is 6.04. The van der Waals surface area contributed by atoms with E-state index in [9.17, 15) is 14.4 Å². The first kappa shape index (κ1) is 20.2. The second-order valence-electron chi connectivity index (χ2n) is 5.18. The number of aromatic nitrogens is 1. The van der Waals surface area contributed by atoms with E-state index < -0.39 is 24.5 Å². The van der Waals surface area contributed by atoms with Gasteiger partial charge >= 0.3 is 12.0 Å². The Kier molecular flexibility index (Phi) is 7.12. The molecule has 0 saturated heterocycles. The van der Waals surface area contributed by atoms with Gasteiger partial charge in [0.15, 0.2) is 18.1 Å². The van der Waals surface area contributed by atoms with Crippen LogP contribution in [0.25, 0.3) is 10.6 Å². The number of esters is 1. The number of carbonyl (C=O) groups is 3. The third-order valence-electron chi connectivity index (χ3n) is 3.35. The van der Waals surface area contributed by atoms with Gasteiger partial charge in [0.1, 0.15) is 5.01 Å². The lowest BCUT2D eigenvalue weighted by molar-refractivity contribution is -0.147. The van der Waals surface area contributed by atoms with E-state index in [1.54, 1.807) is 31.7 Å². The summed E-state index contributed by atoms with van der Waals surface area (Å²) in [6, 6.07) is 4.73. The summed E-state index contributed by atoms with van der Waals surface area (Å²) in [7, 11) is 4.47. The van der Waals surface area contributed by atoms with Crippen LogP contribution in [0.4, 0.5) is 4.79 Å². The summed E-state index contributed by atoms with van der Waals surface area (Å²) in [5, 5.41) is 6.65. The molecule has 0 aliphatic carbocycles. The molecule has 0 bridgehead atoms. The molecule has 0 aliphatic heterocycles. The summed E-state index contributed by atoms with van der Waals surface area (Å²) in [6.45, 7) is -0.543. The van der Waals surface area contributed by atoms with Gasteiger partial charge in [0, 0.05) is 18.0 Å². The Hall–Kier alpha value is -3.14. The van der Waals surface area contributed by atoms with E-state index in [0.29, 0.717) is 22.2 Å². The number of nitrogens with zero attached hydrogens (tertiary/aromatic N) is 1. The molecule has 0 saturated carbocycles. The molecule has 0 aliphatic rings. The molecular weight excluding hydrogens is 374 g/mol. The average Bonchev–Trinajstić information content (AvgIpc) is 3.14. The summed E-state index contributed by atoms with van der Waals surface area (Å²) in [5.41, 5.74) is 1.34. The number of methoxy groups -OCH3 is 2. The number of hydrogen-bond donors (Lipinski definition) is 2. The van der Waals surface area contributed by atoms with Gasteiger partial charge in [-0.25, -0.2) is 9.78 Å². The minimum absolute atomic E-state index is 0.0863. The van der Waals surface area contributed by atoms with E-state index in [2.05, 4.69) is 10.3 Å². The van der Waals surface area contributed by atoms with Crippen molar-refractivity contribution in [1.82, 2.24) is 15.6 Å². The van der Waals surface area contributed by atoms with E-state index in [1.807, 2.05) is 11.4 Å². The zero-order valence-electron chi connectivity index (χ0n) is 15.0. The number of rotatable bonds is 7. The molecule has 0 atom stereocenters. The first-order chi connectivity index (χ1) is 13.0. The van der Waals surface area contributed by atoms with Gasteiger partial charge in [-0.05, 0) is 18.2 Å². The molecule has 3 amide bonds. The number of amides is 3. The third kappa shape index (κ3) is 5.68. The zero-order valence-corrected chi connectivity index (χ0v) is 15.8. The maximum atomic E-state index is 11.8. The molecule has 1 aromatic heterocycles. The molecule has 10 heteroatoms. The average molecular weight is 393 g/mol. The number of hydrogen-bond acceptors (Lipinski definition) is 8. The number of ether oxygens (including phenoxy) is 3. The van der Waals surface area contributed by atoms with Crippen LogP contribution < -0.4 is 20.1 Å². The highest BCUT2D eigenvalue weighted by Gasteiger charge is 2.14. The summed E-state index contributed by atoms with van der Waals surface area (Å²) in [4.78, 5) is 38.6. The van der Waals surface area contributed by atoms with Crippen molar-refractivity contribution in [1.29, 1.82) is 0 Å². The number of imide groups is 1. The van der Waals surface area contributed by atoms with E-state index in [1.165, 1.54) is 18.4 Å². The maximum Gasteiger partial charge on any atom is 0.321 e. The first-order valence-corrected chi connectivity index (χ1v) is 8.68. The van der Waals surface area contributed by atoms with Crippen molar-refractivity contribution in [2.24, 2.45) is 0 Å². The van der Waals surface area contributed by atoms with E-state index in [0.717, 1.165) is 5.56 Å².